The molecule has 1 aromatic carbocycles. The van der Waals surface area contributed by atoms with Gasteiger partial charge in [-0.05, 0) is 31.0 Å². The first-order valence-electron chi connectivity index (χ1n) is 9.21. The summed E-state index contributed by atoms with van der Waals surface area (Å²) in [6.45, 7) is 1.72. The fraction of sp³-hybridized carbons (Fsp3) is 0.579. The summed E-state index contributed by atoms with van der Waals surface area (Å²) >= 11 is 0. The number of amides is 2. The number of benzene rings is 1. The Balaban J connectivity index is 0.00000243. The van der Waals surface area contributed by atoms with Crippen molar-refractivity contribution >= 4 is 29.9 Å². The van der Waals surface area contributed by atoms with Crippen LogP contribution in [0.1, 0.15) is 42.5 Å². The molecular formula is C19H28ClN3O3. The van der Waals surface area contributed by atoms with Crippen molar-refractivity contribution in [2.75, 3.05) is 25.0 Å². The van der Waals surface area contributed by atoms with Gasteiger partial charge < -0.3 is 21.1 Å². The van der Waals surface area contributed by atoms with E-state index in [1.165, 1.54) is 6.42 Å². The van der Waals surface area contributed by atoms with Crippen molar-refractivity contribution in [2.45, 2.75) is 38.2 Å². The highest BCUT2D eigenvalue weighted by atomic mass is 35.5. The smallest absolute Gasteiger partial charge is 0.251 e. The van der Waals surface area contributed by atoms with Crippen LogP contribution in [0.2, 0.25) is 0 Å². The van der Waals surface area contributed by atoms with E-state index in [0.717, 1.165) is 25.7 Å². The molecule has 4 N–H and O–H groups in total. The molecule has 144 valence electrons. The number of carbonyl (C=O) groups is 2. The van der Waals surface area contributed by atoms with Gasteiger partial charge in [0.2, 0.25) is 5.91 Å². The predicted octanol–water partition coefficient (Wildman–Crippen LogP) is 1.94. The van der Waals surface area contributed by atoms with Crippen LogP contribution >= 0.6 is 12.4 Å². The fourth-order valence-corrected chi connectivity index (χ4v) is 3.60. The van der Waals surface area contributed by atoms with E-state index in [1.54, 1.807) is 18.2 Å². The summed E-state index contributed by atoms with van der Waals surface area (Å²) in [5, 5.41) is 18.7. The van der Waals surface area contributed by atoms with Crippen molar-refractivity contribution < 1.29 is 14.7 Å². The zero-order chi connectivity index (χ0) is 17.6. The third-order valence-electron chi connectivity index (χ3n) is 5.20. The molecule has 7 heteroatoms. The lowest BCUT2D eigenvalue weighted by Crippen LogP contribution is -2.34. The number of β-amino-alcohol motifs (C(OH)–C–C–N with tert-alkyl or cyclic N) is 1. The first kappa shape index (κ1) is 20.7. The molecule has 2 amide bonds. The number of hydrogen-bond donors (Lipinski definition) is 4. The van der Waals surface area contributed by atoms with Gasteiger partial charge in [0.05, 0.1) is 6.10 Å². The van der Waals surface area contributed by atoms with Crippen molar-refractivity contribution in [3.8, 4) is 0 Å². The molecular weight excluding hydrogens is 354 g/mol. The van der Waals surface area contributed by atoms with Gasteiger partial charge in [-0.15, -0.1) is 12.4 Å². The summed E-state index contributed by atoms with van der Waals surface area (Å²) in [5.74, 6) is -0.00833. The number of aliphatic hydroxyl groups excluding tert-OH is 1. The monoisotopic (exact) mass is 381 g/mol. The lowest BCUT2D eigenvalue weighted by molar-refractivity contribution is -0.120. The van der Waals surface area contributed by atoms with Crippen LogP contribution in [0, 0.1) is 11.8 Å². The molecule has 1 aliphatic heterocycles. The van der Waals surface area contributed by atoms with E-state index in [0.29, 0.717) is 30.9 Å². The van der Waals surface area contributed by atoms with Crippen LogP contribution in [-0.2, 0) is 4.79 Å². The van der Waals surface area contributed by atoms with E-state index in [9.17, 15) is 14.7 Å². The Morgan fingerprint density at radius 3 is 2.62 bits per heavy atom. The van der Waals surface area contributed by atoms with E-state index < -0.39 is 6.10 Å². The number of anilines is 1. The minimum Gasteiger partial charge on any atom is -0.391 e. The van der Waals surface area contributed by atoms with Gasteiger partial charge in [0.1, 0.15) is 0 Å². The lowest BCUT2D eigenvalue weighted by Gasteiger charge is -2.20. The molecule has 1 saturated carbocycles. The number of aliphatic hydroxyl groups is 1. The summed E-state index contributed by atoms with van der Waals surface area (Å²) in [5.41, 5.74) is 1.17. The normalized spacial score (nSPS) is 23.1. The van der Waals surface area contributed by atoms with Crippen LogP contribution in [0.4, 0.5) is 5.69 Å². The van der Waals surface area contributed by atoms with Crippen LogP contribution in [0.25, 0.3) is 0 Å². The number of nitrogens with one attached hydrogen (secondary N) is 3. The Labute approximate surface area is 160 Å². The second kappa shape index (κ2) is 9.90. The maximum absolute atomic E-state index is 12.3. The van der Waals surface area contributed by atoms with Crippen molar-refractivity contribution in [3.63, 3.8) is 0 Å². The second-order valence-electron chi connectivity index (χ2n) is 7.10. The zero-order valence-corrected chi connectivity index (χ0v) is 15.7. The quantitative estimate of drug-likeness (QED) is 0.627. The molecule has 2 fully saturated rings. The number of hydrogen-bond acceptors (Lipinski definition) is 4. The van der Waals surface area contributed by atoms with Gasteiger partial charge in [-0.3, -0.25) is 9.59 Å². The average Bonchev–Trinajstić information content (AvgIpc) is 3.05. The summed E-state index contributed by atoms with van der Waals surface area (Å²) in [4.78, 5) is 24.7. The van der Waals surface area contributed by atoms with E-state index in [2.05, 4.69) is 16.0 Å². The molecule has 6 nitrogen and oxygen atoms in total. The largest absolute Gasteiger partial charge is 0.391 e. The molecule has 1 aromatic rings. The maximum atomic E-state index is 12.3. The highest BCUT2D eigenvalue weighted by Gasteiger charge is 2.25. The van der Waals surface area contributed by atoms with Gasteiger partial charge in [0.15, 0.2) is 0 Å². The van der Waals surface area contributed by atoms with Crippen molar-refractivity contribution in [1.29, 1.82) is 0 Å². The third-order valence-corrected chi connectivity index (χ3v) is 5.20. The van der Waals surface area contributed by atoms with E-state index >= 15 is 0 Å². The van der Waals surface area contributed by atoms with Gasteiger partial charge in [-0.2, -0.15) is 0 Å². The van der Waals surface area contributed by atoms with Gasteiger partial charge in [-0.1, -0.05) is 25.3 Å². The molecule has 1 heterocycles. The standard InChI is InChI=1S/C19H27N3O3.ClH/c23-17-12-20-10-15(17)11-21-18(24)14-7-4-8-16(9-14)22-19(25)13-5-2-1-3-6-13;/h4,7-9,13,15,17,20,23H,1-3,5-6,10-12H2,(H,21,24)(H,22,25);1H. The van der Waals surface area contributed by atoms with Gasteiger partial charge in [-0.25, -0.2) is 0 Å². The number of halogens is 1. The molecule has 0 spiro atoms. The SMILES string of the molecule is Cl.O=C(NCC1CNCC1O)c1cccc(NC(=O)C2CCCCC2)c1. The molecule has 0 aromatic heterocycles. The summed E-state index contributed by atoms with van der Waals surface area (Å²) in [6, 6.07) is 7.02. The van der Waals surface area contributed by atoms with Gasteiger partial charge in [0, 0.05) is 42.7 Å². The van der Waals surface area contributed by atoms with Gasteiger partial charge >= 0.3 is 0 Å². The Morgan fingerprint density at radius 2 is 1.92 bits per heavy atom. The third kappa shape index (κ3) is 5.43. The summed E-state index contributed by atoms with van der Waals surface area (Å²) < 4.78 is 0. The Bertz CT molecular complexity index is 620. The highest BCUT2D eigenvalue weighted by Crippen LogP contribution is 2.25. The summed E-state index contributed by atoms with van der Waals surface area (Å²) in [6.07, 6.45) is 4.92. The molecule has 2 atom stereocenters. The van der Waals surface area contributed by atoms with E-state index in [4.69, 9.17) is 0 Å². The molecule has 2 aliphatic rings. The molecule has 26 heavy (non-hydrogen) atoms. The predicted molar refractivity (Wildman–Crippen MR) is 104 cm³/mol. The van der Waals surface area contributed by atoms with E-state index in [1.807, 2.05) is 6.07 Å². The van der Waals surface area contributed by atoms with Crippen LogP contribution in [-0.4, -0.2) is 42.7 Å². The van der Waals surface area contributed by atoms with Crippen molar-refractivity contribution in [2.24, 2.45) is 11.8 Å². The first-order valence-corrected chi connectivity index (χ1v) is 9.21. The molecule has 2 unspecified atom stereocenters. The van der Waals surface area contributed by atoms with Crippen LogP contribution in [0.5, 0.6) is 0 Å². The Kier molecular flexibility index (Phi) is 7.87. The van der Waals surface area contributed by atoms with E-state index in [-0.39, 0.29) is 36.1 Å². The number of carbonyl (C=O) groups excluding carboxylic acids is 2. The van der Waals surface area contributed by atoms with Crippen molar-refractivity contribution in [3.05, 3.63) is 29.8 Å². The molecule has 1 saturated heterocycles. The molecule has 0 bridgehead atoms. The Morgan fingerprint density at radius 1 is 1.15 bits per heavy atom. The van der Waals surface area contributed by atoms with Crippen LogP contribution < -0.4 is 16.0 Å². The zero-order valence-electron chi connectivity index (χ0n) is 14.9. The minimum absolute atomic E-state index is 0. The molecule has 3 rings (SSSR count). The first-order chi connectivity index (χ1) is 12.1. The second-order valence-corrected chi connectivity index (χ2v) is 7.10. The average molecular weight is 382 g/mol. The topological polar surface area (TPSA) is 90.5 Å². The highest BCUT2D eigenvalue weighted by molar-refractivity contribution is 5.97. The summed E-state index contributed by atoms with van der Waals surface area (Å²) in [7, 11) is 0. The minimum atomic E-state index is -0.415. The molecule has 1 aliphatic carbocycles. The fourth-order valence-electron chi connectivity index (χ4n) is 3.60. The van der Waals surface area contributed by atoms with Crippen LogP contribution in [0.15, 0.2) is 24.3 Å². The lowest BCUT2D eigenvalue weighted by atomic mass is 9.88. The van der Waals surface area contributed by atoms with Crippen molar-refractivity contribution in [1.82, 2.24) is 10.6 Å². The molecule has 0 radical (unpaired) electrons. The number of rotatable bonds is 5. The van der Waals surface area contributed by atoms with Gasteiger partial charge in [0.25, 0.3) is 5.91 Å². The Hall–Kier alpha value is -1.63. The maximum Gasteiger partial charge on any atom is 0.251 e. The van der Waals surface area contributed by atoms with Crippen LogP contribution in [0.3, 0.4) is 0 Å².